The van der Waals surface area contributed by atoms with E-state index in [0.717, 1.165) is 17.9 Å². The first-order chi connectivity index (χ1) is 7.67. The van der Waals surface area contributed by atoms with Crippen molar-refractivity contribution < 1.29 is 4.74 Å². The summed E-state index contributed by atoms with van der Waals surface area (Å²) in [5.41, 5.74) is 1.03. The first-order valence-corrected chi connectivity index (χ1v) is 5.50. The summed E-state index contributed by atoms with van der Waals surface area (Å²) in [6.07, 6.45) is 1.81. The molecule has 0 radical (unpaired) electrons. The highest BCUT2D eigenvalue weighted by Gasteiger charge is 2.06. The quantitative estimate of drug-likeness (QED) is 0.769. The Labute approximate surface area is 96.6 Å². The lowest BCUT2D eigenvalue weighted by Gasteiger charge is -2.15. The summed E-state index contributed by atoms with van der Waals surface area (Å²) in [4.78, 5) is 8.58. The number of hydrogen-bond donors (Lipinski definition) is 2. The van der Waals surface area contributed by atoms with Crippen LogP contribution in [-0.4, -0.2) is 36.3 Å². The van der Waals surface area contributed by atoms with Crippen LogP contribution in [0.2, 0.25) is 0 Å². The van der Waals surface area contributed by atoms with Crippen molar-refractivity contribution in [2.75, 3.05) is 30.9 Å². The van der Waals surface area contributed by atoms with Crippen molar-refractivity contribution in [1.82, 2.24) is 9.97 Å². The molecule has 1 heterocycles. The molecule has 0 fully saturated rings. The van der Waals surface area contributed by atoms with Gasteiger partial charge in [-0.3, -0.25) is 0 Å². The minimum absolute atomic E-state index is 0.230. The highest BCUT2D eigenvalue weighted by Crippen LogP contribution is 2.13. The molecule has 1 aromatic rings. The van der Waals surface area contributed by atoms with Crippen molar-refractivity contribution in [2.45, 2.75) is 26.8 Å². The normalized spacial score (nSPS) is 12.2. The van der Waals surface area contributed by atoms with Crippen LogP contribution < -0.4 is 10.6 Å². The molecule has 0 saturated heterocycles. The second-order valence-corrected chi connectivity index (χ2v) is 3.76. The third kappa shape index (κ3) is 3.66. The molecule has 0 bridgehead atoms. The Balaban J connectivity index is 2.73. The Morgan fingerprint density at radius 3 is 2.88 bits per heavy atom. The summed E-state index contributed by atoms with van der Waals surface area (Å²) in [5, 5.41) is 6.38. The number of anilines is 2. The molecule has 5 nitrogen and oxygen atoms in total. The van der Waals surface area contributed by atoms with Crippen LogP contribution in [0.1, 0.15) is 19.4 Å². The van der Waals surface area contributed by atoms with E-state index in [0.29, 0.717) is 12.6 Å². The number of ether oxygens (including phenoxy) is 1. The molecular formula is C11H20N4O. The van der Waals surface area contributed by atoms with Gasteiger partial charge in [0.2, 0.25) is 5.95 Å². The van der Waals surface area contributed by atoms with E-state index in [2.05, 4.69) is 27.5 Å². The van der Waals surface area contributed by atoms with Crippen LogP contribution in [0, 0.1) is 6.92 Å². The summed E-state index contributed by atoms with van der Waals surface area (Å²) < 4.78 is 5.07. The third-order valence-electron chi connectivity index (χ3n) is 2.11. The van der Waals surface area contributed by atoms with E-state index in [1.165, 1.54) is 0 Å². The molecule has 0 aliphatic rings. The van der Waals surface area contributed by atoms with Crippen LogP contribution in [-0.2, 0) is 4.74 Å². The monoisotopic (exact) mass is 224 g/mol. The van der Waals surface area contributed by atoms with E-state index in [9.17, 15) is 0 Å². The van der Waals surface area contributed by atoms with Crippen molar-refractivity contribution in [2.24, 2.45) is 0 Å². The van der Waals surface area contributed by atoms with Gasteiger partial charge in [-0.05, 0) is 20.8 Å². The van der Waals surface area contributed by atoms with Crippen molar-refractivity contribution in [3.8, 4) is 0 Å². The standard InChI is InChI=1S/C11H20N4O/c1-5-12-11-13-6-8(2)10(15-11)14-9(3)7-16-4/h6,9H,5,7H2,1-4H3,(H2,12,13,14,15). The van der Waals surface area contributed by atoms with E-state index in [-0.39, 0.29) is 6.04 Å². The molecule has 1 unspecified atom stereocenters. The molecule has 16 heavy (non-hydrogen) atoms. The molecule has 0 aromatic carbocycles. The summed E-state index contributed by atoms with van der Waals surface area (Å²) in [5.74, 6) is 1.51. The van der Waals surface area contributed by atoms with Crippen LogP contribution in [0.4, 0.5) is 11.8 Å². The van der Waals surface area contributed by atoms with Gasteiger partial charge in [0, 0.05) is 31.5 Å². The van der Waals surface area contributed by atoms with E-state index in [1.807, 2.05) is 20.0 Å². The molecule has 1 aromatic heterocycles. The Kier molecular flexibility index (Phi) is 4.98. The maximum absolute atomic E-state index is 5.07. The molecule has 0 aliphatic carbocycles. The number of hydrogen-bond acceptors (Lipinski definition) is 5. The lowest BCUT2D eigenvalue weighted by molar-refractivity contribution is 0.190. The molecular weight excluding hydrogens is 204 g/mol. The Bertz CT molecular complexity index is 330. The fourth-order valence-corrected chi connectivity index (χ4v) is 1.36. The Morgan fingerprint density at radius 2 is 2.25 bits per heavy atom. The van der Waals surface area contributed by atoms with Crippen molar-refractivity contribution in [1.29, 1.82) is 0 Å². The zero-order valence-electron chi connectivity index (χ0n) is 10.4. The second kappa shape index (κ2) is 6.27. The van der Waals surface area contributed by atoms with Crippen LogP contribution in [0.15, 0.2) is 6.20 Å². The molecule has 0 amide bonds. The summed E-state index contributed by atoms with van der Waals surface area (Å²) in [7, 11) is 1.69. The van der Waals surface area contributed by atoms with Crippen LogP contribution in [0.3, 0.4) is 0 Å². The van der Waals surface area contributed by atoms with E-state index >= 15 is 0 Å². The number of methoxy groups -OCH3 is 1. The van der Waals surface area contributed by atoms with E-state index < -0.39 is 0 Å². The Hall–Kier alpha value is -1.36. The minimum atomic E-state index is 0.230. The summed E-state index contributed by atoms with van der Waals surface area (Å²) in [6, 6.07) is 0.230. The highest BCUT2D eigenvalue weighted by molar-refractivity contribution is 5.46. The van der Waals surface area contributed by atoms with Gasteiger partial charge in [-0.1, -0.05) is 0 Å². The maximum Gasteiger partial charge on any atom is 0.224 e. The molecule has 0 saturated carbocycles. The van der Waals surface area contributed by atoms with Gasteiger partial charge in [0.05, 0.1) is 6.61 Å². The summed E-state index contributed by atoms with van der Waals surface area (Å²) in [6.45, 7) is 7.52. The topological polar surface area (TPSA) is 59.1 Å². The molecule has 90 valence electrons. The molecule has 1 atom stereocenters. The van der Waals surface area contributed by atoms with Gasteiger partial charge in [-0.2, -0.15) is 4.98 Å². The maximum atomic E-state index is 5.07. The minimum Gasteiger partial charge on any atom is -0.383 e. The zero-order chi connectivity index (χ0) is 12.0. The number of rotatable bonds is 6. The van der Waals surface area contributed by atoms with Crippen LogP contribution in [0.25, 0.3) is 0 Å². The number of nitrogens with zero attached hydrogens (tertiary/aromatic N) is 2. The average molecular weight is 224 g/mol. The van der Waals surface area contributed by atoms with Crippen molar-refractivity contribution in [3.05, 3.63) is 11.8 Å². The van der Waals surface area contributed by atoms with Gasteiger partial charge < -0.3 is 15.4 Å². The molecule has 2 N–H and O–H groups in total. The Morgan fingerprint density at radius 1 is 1.50 bits per heavy atom. The molecule has 1 rings (SSSR count). The molecule has 0 spiro atoms. The van der Waals surface area contributed by atoms with Gasteiger partial charge in [0.1, 0.15) is 5.82 Å². The second-order valence-electron chi connectivity index (χ2n) is 3.76. The lowest BCUT2D eigenvalue weighted by atomic mass is 10.3. The average Bonchev–Trinajstić information content (AvgIpc) is 2.24. The first kappa shape index (κ1) is 12.7. The fraction of sp³-hybridized carbons (Fsp3) is 0.636. The molecule has 5 heteroatoms. The van der Waals surface area contributed by atoms with Crippen LogP contribution in [0.5, 0.6) is 0 Å². The predicted octanol–water partition coefficient (Wildman–Crippen LogP) is 1.66. The van der Waals surface area contributed by atoms with Crippen LogP contribution >= 0.6 is 0 Å². The zero-order valence-corrected chi connectivity index (χ0v) is 10.4. The highest BCUT2D eigenvalue weighted by atomic mass is 16.5. The lowest BCUT2D eigenvalue weighted by Crippen LogP contribution is -2.22. The van der Waals surface area contributed by atoms with Gasteiger partial charge in [-0.15, -0.1) is 0 Å². The first-order valence-electron chi connectivity index (χ1n) is 5.50. The van der Waals surface area contributed by atoms with Gasteiger partial charge >= 0.3 is 0 Å². The van der Waals surface area contributed by atoms with Gasteiger partial charge in [0.15, 0.2) is 0 Å². The van der Waals surface area contributed by atoms with E-state index in [4.69, 9.17) is 4.74 Å². The largest absolute Gasteiger partial charge is 0.383 e. The van der Waals surface area contributed by atoms with Gasteiger partial charge in [0.25, 0.3) is 0 Å². The SMILES string of the molecule is CCNc1ncc(C)c(NC(C)COC)n1. The number of aryl methyl sites for hydroxylation is 1. The van der Waals surface area contributed by atoms with Gasteiger partial charge in [-0.25, -0.2) is 4.98 Å². The number of aromatic nitrogens is 2. The van der Waals surface area contributed by atoms with Crippen molar-refractivity contribution >= 4 is 11.8 Å². The fourth-order valence-electron chi connectivity index (χ4n) is 1.36. The third-order valence-corrected chi connectivity index (χ3v) is 2.11. The van der Waals surface area contributed by atoms with Crippen molar-refractivity contribution in [3.63, 3.8) is 0 Å². The smallest absolute Gasteiger partial charge is 0.224 e. The molecule has 0 aliphatic heterocycles. The number of nitrogens with one attached hydrogen (secondary N) is 2. The summed E-state index contributed by atoms with van der Waals surface area (Å²) >= 11 is 0. The predicted molar refractivity (Wildman–Crippen MR) is 65.9 cm³/mol. The van der Waals surface area contributed by atoms with E-state index in [1.54, 1.807) is 7.11 Å².